The second-order valence-corrected chi connectivity index (χ2v) is 2.72. The molecule has 0 saturated carbocycles. The van der Waals surface area contributed by atoms with Crippen molar-refractivity contribution in [1.82, 2.24) is 0 Å². The molecule has 8 heavy (non-hydrogen) atoms. The quantitative estimate of drug-likeness (QED) is 0.475. The second kappa shape index (κ2) is 2.12. The summed E-state index contributed by atoms with van der Waals surface area (Å²) in [6.07, 6.45) is 0. The van der Waals surface area contributed by atoms with Crippen molar-refractivity contribution in [2.24, 2.45) is 5.41 Å². The summed E-state index contributed by atoms with van der Waals surface area (Å²) in [5.74, 6) is -0.289. The van der Waals surface area contributed by atoms with Gasteiger partial charge in [-0.1, -0.05) is 27.3 Å². The molecule has 0 heterocycles. The van der Waals surface area contributed by atoms with Crippen LogP contribution in [-0.4, -0.2) is 5.78 Å². The summed E-state index contributed by atoms with van der Waals surface area (Å²) in [4.78, 5) is 11.0. The summed E-state index contributed by atoms with van der Waals surface area (Å²) < 4.78 is 13.7. The van der Waals surface area contributed by atoms with Crippen molar-refractivity contribution in [1.29, 1.82) is 0 Å². The third-order valence-corrected chi connectivity index (χ3v) is 0.812. The maximum Gasteiger partial charge on any atom is 0.160 e. The Morgan fingerprint density at radius 1 is 1.88 bits per heavy atom. The minimum absolute atomic E-state index is 0.229. The number of carbonyl (C=O) groups is 1. The zero-order valence-electron chi connectivity index (χ0n) is 7.49. The lowest BCUT2D eigenvalue weighted by Gasteiger charge is -2.11. The fourth-order valence-corrected chi connectivity index (χ4v) is 0.217. The minimum Gasteiger partial charge on any atom is -0.294 e. The molecule has 0 fully saturated rings. The van der Waals surface area contributed by atoms with Gasteiger partial charge in [0.1, 0.15) is 0 Å². The lowest BCUT2D eigenvalue weighted by molar-refractivity contribution is -0.121. The van der Waals surface area contributed by atoms with E-state index in [1.54, 1.807) is 20.8 Å². The molecule has 0 spiro atoms. The first kappa shape index (κ1) is 4.30. The molecule has 46 valence electrons. The highest BCUT2D eigenvalue weighted by atomic mass is 16.1. The van der Waals surface area contributed by atoms with E-state index in [4.69, 9.17) is 2.74 Å². The van der Waals surface area contributed by atoms with Crippen LogP contribution >= 0.6 is 0 Å². The van der Waals surface area contributed by atoms with E-state index in [2.05, 4.69) is 0 Å². The molecule has 0 aliphatic rings. The predicted octanol–water partition coefficient (Wildman–Crippen LogP) is 1.79. The van der Waals surface area contributed by atoms with Crippen LogP contribution in [0, 0.1) is 5.41 Å². The Bertz CT molecular complexity index is 165. The Morgan fingerprint density at radius 3 is 2.50 bits per heavy atom. The molecule has 0 radical (unpaired) electrons. The Kier molecular flexibility index (Phi) is 1.14. The van der Waals surface area contributed by atoms with Gasteiger partial charge in [-0.15, -0.1) is 0 Å². The molecular weight excluding hydrogens is 100 g/mol. The second-order valence-electron chi connectivity index (χ2n) is 2.72. The average Bonchev–Trinajstić information content (AvgIpc) is 1.83. The van der Waals surface area contributed by atoms with E-state index < -0.39 is 5.41 Å². The van der Waals surface area contributed by atoms with Crippen LogP contribution in [0.4, 0.5) is 0 Å². The van der Waals surface area contributed by atoms with E-state index in [9.17, 15) is 4.79 Å². The Hall–Kier alpha value is -0.590. The predicted molar refractivity (Wildman–Crippen MR) is 34.7 cm³/mol. The van der Waals surface area contributed by atoms with Crippen LogP contribution in [0.1, 0.15) is 23.5 Å². The fraction of sp³-hybridized carbons (Fsp3) is 0.571. The summed E-state index contributed by atoms with van der Waals surface area (Å²) in [6.45, 7) is 5.96. The zero-order valence-corrected chi connectivity index (χ0v) is 5.49. The van der Waals surface area contributed by atoms with Gasteiger partial charge < -0.3 is 0 Å². The van der Waals surface area contributed by atoms with Gasteiger partial charge in [-0.2, -0.15) is 0 Å². The van der Waals surface area contributed by atoms with Crippen LogP contribution in [-0.2, 0) is 4.79 Å². The van der Waals surface area contributed by atoms with Gasteiger partial charge in [0.2, 0.25) is 0 Å². The maximum absolute atomic E-state index is 11.0. The molecular formula is C7H12O. The zero-order chi connectivity index (χ0) is 8.36. The molecule has 0 bridgehead atoms. The first-order chi connectivity index (χ1) is 4.39. The molecule has 1 heteroatoms. The lowest BCUT2D eigenvalue weighted by Crippen LogP contribution is -2.16. The monoisotopic (exact) mass is 114 g/mol. The van der Waals surface area contributed by atoms with Crippen molar-refractivity contribution >= 4 is 5.78 Å². The number of carbonyl (C=O) groups excluding carboxylic acids is 1. The first-order valence-electron chi connectivity index (χ1n) is 3.57. The van der Waals surface area contributed by atoms with Crippen molar-refractivity contribution < 1.29 is 7.54 Å². The average molecular weight is 114 g/mol. The van der Waals surface area contributed by atoms with Gasteiger partial charge in [0.05, 0.1) is 2.74 Å². The number of allylic oxidation sites excluding steroid dienone is 1. The molecule has 0 rings (SSSR count). The summed E-state index contributed by atoms with van der Waals surface area (Å²) in [6, 6.07) is -0.229. The molecule has 0 aromatic carbocycles. The summed E-state index contributed by atoms with van der Waals surface area (Å²) in [5.41, 5.74) is -0.533. The Labute approximate surface area is 53.2 Å². The van der Waals surface area contributed by atoms with Crippen molar-refractivity contribution in [2.75, 3.05) is 0 Å². The van der Waals surface area contributed by atoms with E-state index in [1.807, 2.05) is 0 Å². The highest BCUT2D eigenvalue weighted by molar-refractivity contribution is 5.93. The van der Waals surface area contributed by atoms with Crippen molar-refractivity contribution in [3.05, 3.63) is 12.6 Å². The third kappa shape index (κ3) is 1.92. The van der Waals surface area contributed by atoms with Gasteiger partial charge in [-0.3, -0.25) is 4.79 Å². The van der Waals surface area contributed by atoms with Gasteiger partial charge in [0, 0.05) is 5.41 Å². The third-order valence-electron chi connectivity index (χ3n) is 0.812. The van der Waals surface area contributed by atoms with E-state index in [1.165, 1.54) is 0 Å². The first-order valence-corrected chi connectivity index (χ1v) is 2.49. The summed E-state index contributed by atoms with van der Waals surface area (Å²) in [7, 11) is 0. The fourth-order valence-electron chi connectivity index (χ4n) is 0.217. The normalized spacial score (nSPS) is 17.1. The molecule has 0 aliphatic carbocycles. The minimum atomic E-state index is -0.533. The van der Waals surface area contributed by atoms with Crippen molar-refractivity contribution in [3.8, 4) is 0 Å². The molecule has 0 saturated heterocycles. The van der Waals surface area contributed by atoms with E-state index >= 15 is 0 Å². The molecule has 0 unspecified atom stereocenters. The van der Waals surface area contributed by atoms with Crippen LogP contribution in [0.5, 0.6) is 0 Å². The van der Waals surface area contributed by atoms with Gasteiger partial charge in [-0.25, -0.2) is 0 Å². The number of ketones is 1. The van der Waals surface area contributed by atoms with Crippen molar-refractivity contribution in [2.45, 2.75) is 20.8 Å². The maximum atomic E-state index is 11.0. The molecule has 0 amide bonds. The summed E-state index contributed by atoms with van der Waals surface area (Å²) in [5, 5.41) is 0. The van der Waals surface area contributed by atoms with Gasteiger partial charge >= 0.3 is 0 Å². The van der Waals surface area contributed by atoms with Crippen LogP contribution in [0.2, 0.25) is 0 Å². The van der Waals surface area contributed by atoms with Gasteiger partial charge in [-0.05, 0) is 6.05 Å². The SMILES string of the molecule is [2H]C=C([2H])C(=O)C(C)(C)C. The molecule has 0 N–H and O–H groups in total. The van der Waals surface area contributed by atoms with Crippen LogP contribution < -0.4 is 0 Å². The van der Waals surface area contributed by atoms with Gasteiger partial charge in [0.15, 0.2) is 5.78 Å². The van der Waals surface area contributed by atoms with Crippen molar-refractivity contribution in [3.63, 3.8) is 0 Å². The van der Waals surface area contributed by atoms with Crippen LogP contribution in [0.15, 0.2) is 12.6 Å². The van der Waals surface area contributed by atoms with E-state index in [-0.39, 0.29) is 11.8 Å². The number of hydrogen-bond acceptors (Lipinski definition) is 1. The van der Waals surface area contributed by atoms with Crippen LogP contribution in [0.25, 0.3) is 0 Å². The van der Waals surface area contributed by atoms with E-state index in [0.29, 0.717) is 0 Å². The summed E-state index contributed by atoms with van der Waals surface area (Å²) >= 11 is 0. The number of hydrogen-bond donors (Lipinski definition) is 0. The lowest BCUT2D eigenvalue weighted by atomic mass is 9.91. The van der Waals surface area contributed by atoms with E-state index in [0.717, 1.165) is 6.55 Å². The Balaban J connectivity index is 4.39. The van der Waals surface area contributed by atoms with Gasteiger partial charge in [0.25, 0.3) is 0 Å². The topological polar surface area (TPSA) is 17.1 Å². The standard InChI is InChI=1S/C7H12O/c1-5-6(8)7(2,3)4/h5H,1H2,2-4H3/i1D,5D. The molecule has 1 nitrogen and oxygen atoms in total. The number of rotatable bonds is 1. The molecule has 0 aromatic rings. The molecule has 0 atom stereocenters. The molecule has 0 aromatic heterocycles. The largest absolute Gasteiger partial charge is 0.294 e. The smallest absolute Gasteiger partial charge is 0.160 e. The highest BCUT2D eigenvalue weighted by Gasteiger charge is 2.16. The van der Waals surface area contributed by atoms with Crippen LogP contribution in [0.3, 0.4) is 0 Å². The Morgan fingerprint density at radius 2 is 2.38 bits per heavy atom. The highest BCUT2D eigenvalue weighted by Crippen LogP contribution is 2.13. The molecule has 0 aliphatic heterocycles.